The molecule has 1 N–H and O–H groups in total. The van der Waals surface area contributed by atoms with Gasteiger partial charge in [-0.2, -0.15) is 0 Å². The highest BCUT2D eigenvalue weighted by Gasteiger charge is 2.23. The van der Waals surface area contributed by atoms with Crippen LogP contribution in [-0.4, -0.2) is 47.0 Å². The van der Waals surface area contributed by atoms with Gasteiger partial charge in [0, 0.05) is 38.1 Å². The Morgan fingerprint density at radius 2 is 1.59 bits per heavy atom. The number of para-hydroxylation sites is 1. The van der Waals surface area contributed by atoms with Gasteiger partial charge in [-0.25, -0.2) is 9.97 Å². The van der Waals surface area contributed by atoms with Crippen LogP contribution in [0.5, 0.6) is 0 Å². The number of carbonyl (C=O) groups excluding carboxylic acids is 1. The van der Waals surface area contributed by atoms with Gasteiger partial charge in [0.05, 0.1) is 6.04 Å². The third kappa shape index (κ3) is 4.54. The highest BCUT2D eigenvalue weighted by Crippen LogP contribution is 2.18. The molecule has 4 rings (SSSR count). The smallest absolute Gasteiger partial charge is 0.272 e. The van der Waals surface area contributed by atoms with Crippen molar-refractivity contribution in [3.8, 4) is 0 Å². The molecule has 29 heavy (non-hydrogen) atoms. The van der Waals surface area contributed by atoms with Crippen molar-refractivity contribution in [3.05, 3.63) is 84.2 Å². The number of anilines is 2. The van der Waals surface area contributed by atoms with Crippen LogP contribution in [0.4, 0.5) is 11.6 Å². The van der Waals surface area contributed by atoms with E-state index in [4.69, 9.17) is 0 Å². The lowest BCUT2D eigenvalue weighted by molar-refractivity contribution is 0.0741. The van der Waals surface area contributed by atoms with E-state index in [1.807, 2.05) is 41.3 Å². The lowest BCUT2D eigenvalue weighted by Crippen LogP contribution is -2.49. The van der Waals surface area contributed by atoms with Crippen molar-refractivity contribution in [3.63, 3.8) is 0 Å². The number of piperazine rings is 1. The quantitative estimate of drug-likeness (QED) is 0.725. The fourth-order valence-corrected chi connectivity index (χ4v) is 3.53. The highest BCUT2D eigenvalue weighted by atomic mass is 16.2. The molecule has 2 aromatic carbocycles. The molecule has 1 aliphatic rings. The molecule has 1 amide bonds. The molecule has 1 unspecified atom stereocenters. The Labute approximate surface area is 171 Å². The van der Waals surface area contributed by atoms with E-state index in [2.05, 4.69) is 51.4 Å². The second-order valence-electron chi connectivity index (χ2n) is 7.16. The first kappa shape index (κ1) is 18.9. The maximum Gasteiger partial charge on any atom is 0.272 e. The summed E-state index contributed by atoms with van der Waals surface area (Å²) in [5, 5.41) is 3.28. The zero-order valence-electron chi connectivity index (χ0n) is 16.5. The molecule has 1 aliphatic heterocycles. The van der Waals surface area contributed by atoms with Crippen LogP contribution in [0.2, 0.25) is 0 Å². The molecule has 0 saturated carbocycles. The predicted molar refractivity (Wildman–Crippen MR) is 115 cm³/mol. The summed E-state index contributed by atoms with van der Waals surface area (Å²) < 4.78 is 0. The van der Waals surface area contributed by atoms with Crippen molar-refractivity contribution < 1.29 is 4.79 Å². The van der Waals surface area contributed by atoms with E-state index in [-0.39, 0.29) is 11.9 Å². The average molecular weight is 387 g/mol. The van der Waals surface area contributed by atoms with Crippen molar-refractivity contribution >= 4 is 17.5 Å². The van der Waals surface area contributed by atoms with E-state index in [0.29, 0.717) is 24.7 Å². The molecule has 1 atom stereocenters. The molecule has 0 aliphatic carbocycles. The van der Waals surface area contributed by atoms with Crippen molar-refractivity contribution in [1.82, 2.24) is 14.9 Å². The molecule has 1 aromatic heterocycles. The van der Waals surface area contributed by atoms with E-state index in [9.17, 15) is 4.79 Å². The molecule has 2 heterocycles. The first-order valence-corrected chi connectivity index (χ1v) is 9.94. The zero-order valence-corrected chi connectivity index (χ0v) is 16.5. The molecule has 6 heteroatoms. The van der Waals surface area contributed by atoms with Gasteiger partial charge < -0.3 is 15.1 Å². The molecule has 1 saturated heterocycles. The second-order valence-corrected chi connectivity index (χ2v) is 7.16. The van der Waals surface area contributed by atoms with Crippen LogP contribution >= 0.6 is 0 Å². The number of aromatic nitrogens is 2. The minimum atomic E-state index is -0.0458. The first-order valence-electron chi connectivity index (χ1n) is 9.94. The van der Waals surface area contributed by atoms with Gasteiger partial charge in [0.25, 0.3) is 5.91 Å². The van der Waals surface area contributed by atoms with Crippen LogP contribution in [0.25, 0.3) is 0 Å². The fraction of sp³-hybridized carbons (Fsp3) is 0.261. The van der Waals surface area contributed by atoms with Crippen LogP contribution in [0, 0.1) is 0 Å². The maximum atomic E-state index is 12.9. The van der Waals surface area contributed by atoms with Crippen molar-refractivity contribution in [2.45, 2.75) is 13.0 Å². The van der Waals surface area contributed by atoms with Gasteiger partial charge >= 0.3 is 0 Å². The summed E-state index contributed by atoms with van der Waals surface area (Å²) in [4.78, 5) is 25.9. The van der Waals surface area contributed by atoms with E-state index in [0.717, 1.165) is 18.7 Å². The summed E-state index contributed by atoms with van der Waals surface area (Å²) in [5.41, 5.74) is 2.77. The van der Waals surface area contributed by atoms with E-state index in [1.165, 1.54) is 5.69 Å². The van der Waals surface area contributed by atoms with Crippen LogP contribution in [-0.2, 0) is 0 Å². The molecule has 0 bridgehead atoms. The lowest BCUT2D eigenvalue weighted by atomic mass is 10.1. The minimum Gasteiger partial charge on any atom is -0.368 e. The van der Waals surface area contributed by atoms with Crippen molar-refractivity contribution in [2.75, 3.05) is 36.4 Å². The van der Waals surface area contributed by atoms with Gasteiger partial charge in [-0.05, 0) is 30.7 Å². The Hall–Kier alpha value is -3.41. The normalized spacial score (nSPS) is 15.1. The molecule has 6 nitrogen and oxygen atoms in total. The number of amides is 1. The van der Waals surface area contributed by atoms with Crippen LogP contribution in [0.15, 0.2) is 72.9 Å². The van der Waals surface area contributed by atoms with Crippen molar-refractivity contribution in [1.29, 1.82) is 0 Å². The Kier molecular flexibility index (Phi) is 5.70. The third-order valence-corrected chi connectivity index (χ3v) is 5.21. The van der Waals surface area contributed by atoms with Gasteiger partial charge in [-0.3, -0.25) is 4.79 Å². The van der Waals surface area contributed by atoms with Gasteiger partial charge in [-0.1, -0.05) is 48.5 Å². The number of carbonyl (C=O) groups is 1. The SMILES string of the molecule is CC(Nc1nccc(C(=O)N2CCN(c3ccccc3)CC2)n1)c1ccccc1. The van der Waals surface area contributed by atoms with Gasteiger partial charge in [0.1, 0.15) is 5.69 Å². The summed E-state index contributed by atoms with van der Waals surface area (Å²) in [6.07, 6.45) is 1.64. The summed E-state index contributed by atoms with van der Waals surface area (Å²) in [5.74, 6) is 0.422. The number of hydrogen-bond donors (Lipinski definition) is 1. The van der Waals surface area contributed by atoms with Gasteiger partial charge in [0.2, 0.25) is 5.95 Å². The summed E-state index contributed by atoms with van der Waals surface area (Å²) >= 11 is 0. The number of benzene rings is 2. The fourth-order valence-electron chi connectivity index (χ4n) is 3.53. The molecule has 0 radical (unpaired) electrons. The largest absolute Gasteiger partial charge is 0.368 e. The van der Waals surface area contributed by atoms with Crippen molar-refractivity contribution in [2.24, 2.45) is 0 Å². The summed E-state index contributed by atoms with van der Waals surface area (Å²) in [6.45, 7) is 5.05. The Morgan fingerprint density at radius 3 is 2.28 bits per heavy atom. The molecule has 1 fully saturated rings. The summed E-state index contributed by atoms with van der Waals surface area (Å²) in [6, 6.07) is 22.1. The van der Waals surface area contributed by atoms with E-state index >= 15 is 0 Å². The Bertz CT molecular complexity index is 940. The molecule has 3 aromatic rings. The van der Waals surface area contributed by atoms with Crippen LogP contribution in [0.3, 0.4) is 0 Å². The lowest BCUT2D eigenvalue weighted by Gasteiger charge is -2.36. The highest BCUT2D eigenvalue weighted by molar-refractivity contribution is 5.92. The molecule has 148 valence electrons. The van der Waals surface area contributed by atoms with Gasteiger partial charge in [-0.15, -0.1) is 0 Å². The maximum absolute atomic E-state index is 12.9. The molecular weight excluding hydrogens is 362 g/mol. The number of nitrogens with zero attached hydrogens (tertiary/aromatic N) is 4. The molecular formula is C23H25N5O. The Balaban J connectivity index is 1.39. The standard InChI is InChI=1S/C23H25N5O/c1-18(19-8-4-2-5-9-19)25-23-24-13-12-21(26-23)22(29)28-16-14-27(15-17-28)20-10-6-3-7-11-20/h2-13,18H,14-17H2,1H3,(H,24,25,26). The minimum absolute atomic E-state index is 0.0458. The predicted octanol–water partition coefficient (Wildman–Crippen LogP) is 3.61. The Morgan fingerprint density at radius 1 is 0.931 bits per heavy atom. The second kappa shape index (κ2) is 8.73. The van der Waals surface area contributed by atoms with Crippen LogP contribution < -0.4 is 10.2 Å². The zero-order chi connectivity index (χ0) is 20.1. The third-order valence-electron chi connectivity index (χ3n) is 5.21. The number of rotatable bonds is 5. The van der Waals surface area contributed by atoms with Crippen LogP contribution in [0.1, 0.15) is 29.0 Å². The first-order chi connectivity index (χ1) is 14.2. The topological polar surface area (TPSA) is 61.4 Å². The van der Waals surface area contributed by atoms with E-state index in [1.54, 1.807) is 12.3 Å². The van der Waals surface area contributed by atoms with Gasteiger partial charge in [0.15, 0.2) is 0 Å². The average Bonchev–Trinajstić information content (AvgIpc) is 2.80. The number of nitrogens with one attached hydrogen (secondary N) is 1. The number of hydrogen-bond acceptors (Lipinski definition) is 5. The summed E-state index contributed by atoms with van der Waals surface area (Å²) in [7, 11) is 0. The molecule has 0 spiro atoms. The van der Waals surface area contributed by atoms with E-state index < -0.39 is 0 Å². The monoisotopic (exact) mass is 387 g/mol.